The highest BCUT2D eigenvalue weighted by Gasteiger charge is 2.36. The third kappa shape index (κ3) is 4.19. The van der Waals surface area contributed by atoms with Crippen LogP contribution in [0.25, 0.3) is 43.8 Å². The number of imide groups is 2. The molecule has 6 aromatic carbocycles. The molecule has 6 nitrogen and oxygen atoms in total. The summed E-state index contributed by atoms with van der Waals surface area (Å²) < 4.78 is 0. The number of amides is 4. The van der Waals surface area contributed by atoms with Gasteiger partial charge in [-0.25, -0.2) is 9.80 Å². The van der Waals surface area contributed by atoms with Crippen molar-refractivity contribution in [3.05, 3.63) is 161 Å². The van der Waals surface area contributed by atoms with E-state index in [9.17, 15) is 19.2 Å². The van der Waals surface area contributed by atoms with Crippen LogP contribution in [0.2, 0.25) is 0 Å². The Morgan fingerprint density at radius 1 is 0.479 bits per heavy atom. The number of hydrogen-bond donors (Lipinski definition) is 0. The van der Waals surface area contributed by atoms with Gasteiger partial charge in [0.25, 0.3) is 23.6 Å². The van der Waals surface area contributed by atoms with E-state index < -0.39 is 0 Å². The minimum atomic E-state index is -0.344. The first-order valence-corrected chi connectivity index (χ1v) is 15.8. The molecule has 0 bridgehead atoms. The highest BCUT2D eigenvalue weighted by atomic mass is 16.2. The van der Waals surface area contributed by atoms with Crippen molar-refractivity contribution >= 4 is 50.9 Å². The van der Waals surface area contributed by atoms with E-state index in [-0.39, 0.29) is 23.6 Å². The number of rotatable bonds is 5. The molecule has 0 aromatic heterocycles. The molecule has 0 N–H and O–H groups in total. The first-order chi connectivity index (χ1) is 23.4. The molecule has 8 rings (SSSR count). The van der Waals surface area contributed by atoms with Gasteiger partial charge < -0.3 is 0 Å². The summed E-state index contributed by atoms with van der Waals surface area (Å²) in [6, 6.07) is 35.7. The minimum Gasteiger partial charge on any atom is -0.268 e. The van der Waals surface area contributed by atoms with Gasteiger partial charge in [-0.1, -0.05) is 91.0 Å². The van der Waals surface area contributed by atoms with Gasteiger partial charge in [-0.15, -0.1) is 0 Å². The molecule has 0 spiro atoms. The van der Waals surface area contributed by atoms with Crippen LogP contribution in [0, 0.1) is 0 Å². The van der Waals surface area contributed by atoms with Crippen LogP contribution in [0.3, 0.4) is 0 Å². The topological polar surface area (TPSA) is 74.8 Å². The third-order valence-electron chi connectivity index (χ3n) is 9.23. The molecule has 6 heteroatoms. The van der Waals surface area contributed by atoms with Crippen LogP contribution in [0.4, 0.5) is 5.69 Å². The van der Waals surface area contributed by atoms with Crippen LogP contribution in [0.15, 0.2) is 139 Å². The van der Waals surface area contributed by atoms with Crippen molar-refractivity contribution in [2.45, 2.75) is 13.8 Å². The van der Waals surface area contributed by atoms with Gasteiger partial charge in [0.1, 0.15) is 0 Å². The number of para-hydroxylation sites is 1. The third-order valence-corrected chi connectivity index (χ3v) is 9.23. The van der Waals surface area contributed by atoms with Crippen LogP contribution >= 0.6 is 0 Å². The molecule has 2 heterocycles. The Hall–Kier alpha value is -6.40. The quantitative estimate of drug-likeness (QED) is 0.142. The average Bonchev–Trinajstić information content (AvgIpc) is 3.12. The lowest BCUT2D eigenvalue weighted by Gasteiger charge is -2.28. The van der Waals surface area contributed by atoms with Gasteiger partial charge >= 0.3 is 0 Å². The fraction of sp³-hybridized carbons (Fsp3) is 0.0476. The Kier molecular flexibility index (Phi) is 6.74. The summed E-state index contributed by atoms with van der Waals surface area (Å²) in [6.45, 7) is 3.66. The minimum absolute atomic E-state index is 0.344. The van der Waals surface area contributed by atoms with E-state index in [4.69, 9.17) is 0 Å². The first kappa shape index (κ1) is 29.0. The molecule has 0 aliphatic carbocycles. The Balaban J connectivity index is 1.19. The summed E-state index contributed by atoms with van der Waals surface area (Å²) in [6.07, 6.45) is 5.33. The molecule has 0 saturated carbocycles. The SMILES string of the molecule is C/C=C\C(=C/C)N1C(=O)c2cccc3c(-c4ccc(-c5ccc6c7c(cccc57)C(=O)N(c5ccccc5)C6=O)cc4)ccc(c23)C1=O. The predicted molar refractivity (Wildman–Crippen MR) is 189 cm³/mol. The van der Waals surface area contributed by atoms with E-state index in [1.165, 1.54) is 9.80 Å². The molecule has 0 atom stereocenters. The van der Waals surface area contributed by atoms with E-state index in [0.29, 0.717) is 44.4 Å². The lowest BCUT2D eigenvalue weighted by atomic mass is 9.87. The molecule has 0 unspecified atom stereocenters. The second-order valence-corrected chi connectivity index (χ2v) is 11.8. The Morgan fingerprint density at radius 2 is 0.938 bits per heavy atom. The number of carbonyl (C=O) groups excluding carboxylic acids is 4. The number of anilines is 1. The van der Waals surface area contributed by atoms with Crippen LogP contribution in [-0.2, 0) is 0 Å². The molecule has 6 aromatic rings. The molecule has 0 radical (unpaired) electrons. The maximum absolute atomic E-state index is 13.6. The summed E-state index contributed by atoms with van der Waals surface area (Å²) >= 11 is 0. The van der Waals surface area contributed by atoms with Crippen molar-refractivity contribution in [3.63, 3.8) is 0 Å². The zero-order valence-corrected chi connectivity index (χ0v) is 26.2. The van der Waals surface area contributed by atoms with E-state index in [1.807, 2.05) is 98.8 Å². The van der Waals surface area contributed by atoms with Gasteiger partial charge in [0.2, 0.25) is 0 Å². The predicted octanol–water partition coefficient (Wildman–Crippen LogP) is 9.20. The highest BCUT2D eigenvalue weighted by Crippen LogP contribution is 2.40. The molecular formula is C42H28N2O4. The van der Waals surface area contributed by atoms with E-state index >= 15 is 0 Å². The Bertz CT molecular complexity index is 2390. The lowest BCUT2D eigenvalue weighted by Crippen LogP contribution is -2.40. The van der Waals surface area contributed by atoms with Gasteiger partial charge in [-0.05, 0) is 89.3 Å². The van der Waals surface area contributed by atoms with Gasteiger partial charge in [0.15, 0.2) is 0 Å². The Morgan fingerprint density at radius 3 is 1.44 bits per heavy atom. The molecule has 0 fully saturated rings. The van der Waals surface area contributed by atoms with Gasteiger partial charge in [-0.2, -0.15) is 0 Å². The standard InChI is InChI=1S/C42H28N2O4/c1-3-10-27(4-2)43-39(45)33-15-8-13-31-29(21-23-35(37(31)33)41(43)47)25-17-19-26(20-18-25)30-22-24-36-38-32(30)14-9-16-34(38)40(46)44(42(36)48)28-11-6-5-7-12-28/h3-24H,1-2H3/b10-3-,27-4+. The monoisotopic (exact) mass is 624 g/mol. The smallest absolute Gasteiger partial charge is 0.265 e. The number of benzene rings is 6. The van der Waals surface area contributed by atoms with Crippen molar-refractivity contribution in [1.29, 1.82) is 0 Å². The summed E-state index contributed by atoms with van der Waals surface area (Å²) in [5.41, 5.74) is 6.71. The zero-order valence-electron chi connectivity index (χ0n) is 26.2. The largest absolute Gasteiger partial charge is 0.268 e. The first-order valence-electron chi connectivity index (χ1n) is 15.8. The molecule has 230 valence electrons. The fourth-order valence-electron chi connectivity index (χ4n) is 7.04. The highest BCUT2D eigenvalue weighted by molar-refractivity contribution is 6.36. The molecular weight excluding hydrogens is 596 g/mol. The number of hydrogen-bond acceptors (Lipinski definition) is 4. The van der Waals surface area contributed by atoms with E-state index in [1.54, 1.807) is 48.6 Å². The van der Waals surface area contributed by atoms with Crippen LogP contribution in [-0.4, -0.2) is 28.5 Å². The Labute approximate surface area is 276 Å². The summed E-state index contributed by atoms with van der Waals surface area (Å²) in [5, 5.41) is 2.97. The number of carbonyl (C=O) groups is 4. The summed E-state index contributed by atoms with van der Waals surface area (Å²) in [5.74, 6) is -1.38. The summed E-state index contributed by atoms with van der Waals surface area (Å²) in [7, 11) is 0. The van der Waals surface area contributed by atoms with Gasteiger partial charge in [0, 0.05) is 38.7 Å². The van der Waals surface area contributed by atoms with Crippen molar-refractivity contribution in [3.8, 4) is 22.3 Å². The lowest BCUT2D eigenvalue weighted by molar-refractivity contribution is 0.0666. The fourth-order valence-corrected chi connectivity index (χ4v) is 7.04. The second-order valence-electron chi connectivity index (χ2n) is 11.8. The summed E-state index contributed by atoms with van der Waals surface area (Å²) in [4.78, 5) is 57.0. The second kappa shape index (κ2) is 11.1. The van der Waals surface area contributed by atoms with Gasteiger partial charge in [-0.3, -0.25) is 19.2 Å². The van der Waals surface area contributed by atoms with Crippen molar-refractivity contribution in [1.82, 2.24) is 4.90 Å². The molecule has 0 saturated heterocycles. The zero-order chi connectivity index (χ0) is 33.1. The van der Waals surface area contributed by atoms with Crippen LogP contribution < -0.4 is 4.90 Å². The molecule has 2 aliphatic rings. The van der Waals surface area contributed by atoms with Crippen molar-refractivity contribution in [2.75, 3.05) is 4.90 Å². The maximum Gasteiger partial charge on any atom is 0.265 e. The van der Waals surface area contributed by atoms with Crippen LogP contribution in [0.1, 0.15) is 55.3 Å². The normalized spacial score (nSPS) is 14.6. The van der Waals surface area contributed by atoms with Gasteiger partial charge in [0.05, 0.1) is 5.69 Å². The molecule has 4 amide bonds. The molecule has 48 heavy (non-hydrogen) atoms. The van der Waals surface area contributed by atoms with Crippen molar-refractivity contribution < 1.29 is 19.2 Å². The van der Waals surface area contributed by atoms with Crippen molar-refractivity contribution in [2.24, 2.45) is 0 Å². The number of nitrogens with zero attached hydrogens (tertiary/aromatic N) is 2. The van der Waals surface area contributed by atoms with E-state index in [0.717, 1.165) is 33.0 Å². The molecule has 2 aliphatic heterocycles. The maximum atomic E-state index is 13.6. The van der Waals surface area contributed by atoms with E-state index in [2.05, 4.69) is 0 Å². The average molecular weight is 625 g/mol. The van der Waals surface area contributed by atoms with Crippen LogP contribution in [0.5, 0.6) is 0 Å². The number of allylic oxidation sites excluding steroid dienone is 3.